The highest BCUT2D eigenvalue weighted by Gasteiger charge is 2.24. The molecule has 0 fully saturated rings. The smallest absolute Gasteiger partial charge is 0.0360 e. The first-order valence-electron chi connectivity index (χ1n) is 4.45. The van der Waals surface area contributed by atoms with Crippen LogP contribution in [0.1, 0.15) is 27.7 Å². The van der Waals surface area contributed by atoms with E-state index in [0.717, 1.165) is 0 Å². The van der Waals surface area contributed by atoms with E-state index in [1.807, 2.05) is 6.08 Å². The predicted octanol–water partition coefficient (Wildman–Crippen LogP) is 3.05. The Balaban J connectivity index is 4.34. The van der Waals surface area contributed by atoms with E-state index in [1.54, 1.807) is 6.08 Å². The Kier molecular flexibility index (Phi) is 4.08. The molecule has 12 heavy (non-hydrogen) atoms. The standard InChI is InChI=1S/C11H21N/c1-7-8-9-12(6)11(4,5)10(2)3/h7-10H,1H2,2-6H3. The fourth-order valence-electron chi connectivity index (χ4n) is 0.789. The van der Waals surface area contributed by atoms with E-state index in [0.29, 0.717) is 5.92 Å². The lowest BCUT2D eigenvalue weighted by Crippen LogP contribution is -2.42. The molecule has 0 unspecified atom stereocenters. The number of nitrogens with zero attached hydrogens (tertiary/aromatic N) is 1. The fraction of sp³-hybridized carbons (Fsp3) is 0.636. The molecule has 0 aromatic heterocycles. The van der Waals surface area contributed by atoms with Gasteiger partial charge in [0.25, 0.3) is 0 Å². The van der Waals surface area contributed by atoms with Crippen molar-refractivity contribution in [2.45, 2.75) is 33.2 Å². The molecule has 0 amide bonds. The van der Waals surface area contributed by atoms with E-state index in [4.69, 9.17) is 0 Å². The lowest BCUT2D eigenvalue weighted by Gasteiger charge is -2.38. The van der Waals surface area contributed by atoms with Crippen molar-refractivity contribution < 1.29 is 0 Å². The quantitative estimate of drug-likeness (QED) is 0.582. The average Bonchev–Trinajstić information content (AvgIpc) is 1.99. The van der Waals surface area contributed by atoms with E-state index in [9.17, 15) is 0 Å². The topological polar surface area (TPSA) is 3.24 Å². The minimum atomic E-state index is 0.208. The molecule has 0 aromatic rings. The summed E-state index contributed by atoms with van der Waals surface area (Å²) in [6.45, 7) is 12.6. The molecule has 0 aliphatic heterocycles. The summed E-state index contributed by atoms with van der Waals surface area (Å²) < 4.78 is 0. The Morgan fingerprint density at radius 3 is 2.17 bits per heavy atom. The number of hydrogen-bond donors (Lipinski definition) is 0. The lowest BCUT2D eigenvalue weighted by molar-refractivity contribution is 0.159. The molecule has 0 spiro atoms. The maximum absolute atomic E-state index is 3.65. The molecule has 0 N–H and O–H groups in total. The molecule has 1 nitrogen and oxygen atoms in total. The molecule has 0 saturated carbocycles. The molecule has 0 rings (SSSR count). The highest BCUT2D eigenvalue weighted by molar-refractivity contribution is 4.99. The van der Waals surface area contributed by atoms with E-state index < -0.39 is 0 Å². The van der Waals surface area contributed by atoms with Gasteiger partial charge in [0.2, 0.25) is 0 Å². The van der Waals surface area contributed by atoms with Gasteiger partial charge < -0.3 is 4.90 Å². The van der Waals surface area contributed by atoms with Crippen LogP contribution >= 0.6 is 0 Å². The molecule has 1 heteroatoms. The molecule has 0 aromatic carbocycles. The fourth-order valence-corrected chi connectivity index (χ4v) is 0.789. The third-order valence-electron chi connectivity index (χ3n) is 2.77. The van der Waals surface area contributed by atoms with Gasteiger partial charge in [0.05, 0.1) is 0 Å². The summed E-state index contributed by atoms with van der Waals surface area (Å²) in [4.78, 5) is 2.22. The molecule has 0 saturated heterocycles. The highest BCUT2D eigenvalue weighted by atomic mass is 15.1. The third kappa shape index (κ3) is 2.72. The van der Waals surface area contributed by atoms with Gasteiger partial charge in [0.1, 0.15) is 0 Å². The van der Waals surface area contributed by atoms with Gasteiger partial charge >= 0.3 is 0 Å². The third-order valence-corrected chi connectivity index (χ3v) is 2.77. The monoisotopic (exact) mass is 167 g/mol. The normalized spacial score (nSPS) is 12.5. The molecule has 0 bridgehead atoms. The van der Waals surface area contributed by atoms with E-state index in [1.165, 1.54) is 0 Å². The van der Waals surface area contributed by atoms with Crippen LogP contribution in [0.3, 0.4) is 0 Å². The molecule has 0 heterocycles. The summed E-state index contributed by atoms with van der Waals surface area (Å²) in [5.74, 6) is 0.636. The molecule has 0 aliphatic carbocycles. The van der Waals surface area contributed by atoms with Crippen molar-refractivity contribution in [1.29, 1.82) is 0 Å². The van der Waals surface area contributed by atoms with Crippen molar-refractivity contribution in [2.75, 3.05) is 7.05 Å². The zero-order valence-corrected chi connectivity index (χ0v) is 8.96. The molecular weight excluding hydrogens is 146 g/mol. The van der Waals surface area contributed by atoms with Gasteiger partial charge in [-0.15, -0.1) is 0 Å². The van der Waals surface area contributed by atoms with E-state index >= 15 is 0 Å². The number of allylic oxidation sites excluding steroid dienone is 2. The molecule has 70 valence electrons. The van der Waals surface area contributed by atoms with Crippen LogP contribution in [0.25, 0.3) is 0 Å². The van der Waals surface area contributed by atoms with Gasteiger partial charge in [-0.25, -0.2) is 0 Å². The van der Waals surface area contributed by atoms with Crippen molar-refractivity contribution in [3.05, 3.63) is 24.9 Å². The number of hydrogen-bond acceptors (Lipinski definition) is 1. The average molecular weight is 167 g/mol. The van der Waals surface area contributed by atoms with Gasteiger partial charge in [0.15, 0.2) is 0 Å². The molecule has 0 aliphatic rings. The summed E-state index contributed by atoms with van der Waals surface area (Å²) in [7, 11) is 2.10. The van der Waals surface area contributed by atoms with Crippen LogP contribution in [0.2, 0.25) is 0 Å². The maximum Gasteiger partial charge on any atom is 0.0360 e. The lowest BCUT2D eigenvalue weighted by atomic mass is 9.89. The first-order chi connectivity index (χ1) is 5.42. The predicted molar refractivity (Wildman–Crippen MR) is 56.0 cm³/mol. The Labute approximate surface area is 76.8 Å². The van der Waals surface area contributed by atoms with Crippen LogP contribution in [0, 0.1) is 5.92 Å². The Morgan fingerprint density at radius 2 is 1.83 bits per heavy atom. The first kappa shape index (κ1) is 11.3. The van der Waals surface area contributed by atoms with Gasteiger partial charge in [-0.1, -0.05) is 26.5 Å². The van der Waals surface area contributed by atoms with Crippen molar-refractivity contribution in [3.63, 3.8) is 0 Å². The van der Waals surface area contributed by atoms with Crippen LogP contribution in [0.4, 0.5) is 0 Å². The van der Waals surface area contributed by atoms with Crippen LogP contribution in [-0.2, 0) is 0 Å². The van der Waals surface area contributed by atoms with Gasteiger partial charge in [-0.05, 0) is 32.0 Å². The van der Waals surface area contributed by atoms with E-state index in [2.05, 4.69) is 52.4 Å². The largest absolute Gasteiger partial charge is 0.375 e. The zero-order valence-electron chi connectivity index (χ0n) is 8.96. The van der Waals surface area contributed by atoms with Crippen molar-refractivity contribution in [1.82, 2.24) is 4.90 Å². The van der Waals surface area contributed by atoms with Crippen molar-refractivity contribution in [2.24, 2.45) is 5.92 Å². The minimum absolute atomic E-state index is 0.208. The maximum atomic E-state index is 3.65. The summed E-state index contributed by atoms with van der Waals surface area (Å²) in [6, 6.07) is 0. The Morgan fingerprint density at radius 1 is 1.33 bits per heavy atom. The second kappa shape index (κ2) is 4.34. The van der Waals surface area contributed by atoms with Gasteiger partial charge in [0, 0.05) is 12.6 Å². The molecule has 0 radical (unpaired) electrons. The van der Waals surface area contributed by atoms with Crippen LogP contribution < -0.4 is 0 Å². The SMILES string of the molecule is C=CC=CN(C)C(C)(C)C(C)C. The van der Waals surface area contributed by atoms with Crippen LogP contribution in [-0.4, -0.2) is 17.5 Å². The summed E-state index contributed by atoms with van der Waals surface area (Å²) in [5, 5.41) is 0. The minimum Gasteiger partial charge on any atom is -0.375 e. The zero-order chi connectivity index (χ0) is 9.78. The van der Waals surface area contributed by atoms with Crippen LogP contribution in [0.15, 0.2) is 24.9 Å². The Bertz CT molecular complexity index is 166. The second-order valence-electron chi connectivity index (χ2n) is 4.00. The van der Waals surface area contributed by atoms with Crippen LogP contribution in [0.5, 0.6) is 0 Å². The van der Waals surface area contributed by atoms with Gasteiger partial charge in [-0.3, -0.25) is 0 Å². The summed E-state index contributed by atoms with van der Waals surface area (Å²) >= 11 is 0. The molecular formula is C11H21N. The molecule has 0 atom stereocenters. The number of rotatable bonds is 4. The first-order valence-corrected chi connectivity index (χ1v) is 4.45. The highest BCUT2D eigenvalue weighted by Crippen LogP contribution is 2.22. The van der Waals surface area contributed by atoms with E-state index in [-0.39, 0.29) is 5.54 Å². The Hall–Kier alpha value is -0.720. The van der Waals surface area contributed by atoms with Crippen molar-refractivity contribution >= 4 is 0 Å². The van der Waals surface area contributed by atoms with Crippen molar-refractivity contribution in [3.8, 4) is 0 Å². The van der Waals surface area contributed by atoms with Gasteiger partial charge in [-0.2, -0.15) is 0 Å². The summed E-state index contributed by atoms with van der Waals surface area (Å²) in [6.07, 6.45) is 5.82. The summed E-state index contributed by atoms with van der Waals surface area (Å²) in [5.41, 5.74) is 0.208. The second-order valence-corrected chi connectivity index (χ2v) is 4.00.